The zero-order valence-corrected chi connectivity index (χ0v) is 15.0. The van der Waals surface area contributed by atoms with E-state index in [0.29, 0.717) is 34.5 Å². The van der Waals surface area contributed by atoms with Crippen LogP contribution in [-0.4, -0.2) is 31.0 Å². The molecule has 3 aromatic heterocycles. The van der Waals surface area contributed by atoms with Gasteiger partial charge in [0.2, 0.25) is 11.9 Å². The minimum Gasteiger partial charge on any atom is -0.408 e. The fraction of sp³-hybridized carbons (Fsp3) is 0. The Morgan fingerprint density at radius 2 is 1.90 bits per heavy atom. The van der Waals surface area contributed by atoms with Crippen molar-refractivity contribution in [3.8, 4) is 5.75 Å². The van der Waals surface area contributed by atoms with E-state index in [4.69, 9.17) is 4.74 Å². The molecule has 3 heterocycles. The molecule has 29 heavy (non-hydrogen) atoms. The third-order valence-electron chi connectivity index (χ3n) is 4.28. The Morgan fingerprint density at radius 3 is 2.76 bits per heavy atom. The zero-order valence-electron chi connectivity index (χ0n) is 15.0. The lowest BCUT2D eigenvalue weighted by Crippen LogP contribution is -2.17. The second-order valence-corrected chi connectivity index (χ2v) is 6.23. The number of ether oxygens (including phenoxy) is 1. The van der Waals surface area contributed by atoms with Crippen LogP contribution in [0.5, 0.6) is 5.75 Å². The highest BCUT2D eigenvalue weighted by molar-refractivity contribution is 5.90. The Labute approximate surface area is 164 Å². The van der Waals surface area contributed by atoms with E-state index in [1.54, 1.807) is 24.5 Å². The maximum Gasteiger partial charge on any atom is 0.419 e. The van der Waals surface area contributed by atoms with Gasteiger partial charge in [0.05, 0.1) is 5.52 Å². The number of H-pyrrole nitrogens is 2. The molecule has 142 valence electrons. The molecule has 5 aromatic rings. The molecule has 5 rings (SSSR count). The molecule has 0 radical (unpaired) electrons. The number of nitrogens with one attached hydrogen (secondary N) is 4. The first-order chi connectivity index (χ1) is 14.2. The summed E-state index contributed by atoms with van der Waals surface area (Å²) >= 11 is 0. The predicted octanol–water partition coefficient (Wildman–Crippen LogP) is 4.19. The molecule has 0 fully saturated rings. The molecule has 0 unspecified atom stereocenters. The smallest absolute Gasteiger partial charge is 0.408 e. The number of para-hydroxylation sites is 1. The summed E-state index contributed by atoms with van der Waals surface area (Å²) in [5.41, 5.74) is 1.24. The first kappa shape index (κ1) is 16.8. The van der Waals surface area contributed by atoms with E-state index in [2.05, 4.69) is 35.6 Å². The maximum absolute atomic E-state index is 12.1. The second kappa shape index (κ2) is 6.97. The van der Waals surface area contributed by atoms with Gasteiger partial charge in [0, 0.05) is 24.0 Å². The lowest BCUT2D eigenvalue weighted by molar-refractivity contribution is 0.215. The van der Waals surface area contributed by atoms with E-state index in [1.165, 1.54) is 6.20 Å². The van der Waals surface area contributed by atoms with Gasteiger partial charge in [-0.3, -0.25) is 5.32 Å². The van der Waals surface area contributed by atoms with E-state index in [-0.39, 0.29) is 0 Å². The number of nitrogens with zero attached hydrogens (tertiary/aromatic N) is 3. The summed E-state index contributed by atoms with van der Waals surface area (Å²) < 4.78 is 5.40. The SMILES string of the molecule is O=C(Nc1ncc[nH]1)Oc1cccc2nc(Nc3cc4ccccc4cn3)[nH]c12. The summed E-state index contributed by atoms with van der Waals surface area (Å²) in [4.78, 5) is 30.8. The molecular weight excluding hydrogens is 370 g/mol. The molecule has 4 N–H and O–H groups in total. The summed E-state index contributed by atoms with van der Waals surface area (Å²) in [6, 6.07) is 15.2. The monoisotopic (exact) mass is 385 g/mol. The van der Waals surface area contributed by atoms with Gasteiger partial charge in [-0.15, -0.1) is 0 Å². The van der Waals surface area contributed by atoms with Crippen molar-refractivity contribution in [2.24, 2.45) is 0 Å². The van der Waals surface area contributed by atoms with Crippen LogP contribution in [0.25, 0.3) is 21.8 Å². The average Bonchev–Trinajstić information content (AvgIpc) is 3.38. The lowest BCUT2D eigenvalue weighted by Gasteiger charge is -2.05. The highest BCUT2D eigenvalue weighted by Crippen LogP contribution is 2.27. The van der Waals surface area contributed by atoms with Gasteiger partial charge >= 0.3 is 6.09 Å². The van der Waals surface area contributed by atoms with E-state index >= 15 is 0 Å². The summed E-state index contributed by atoms with van der Waals surface area (Å²) in [7, 11) is 0. The fourth-order valence-corrected chi connectivity index (χ4v) is 2.98. The van der Waals surface area contributed by atoms with Crippen molar-refractivity contribution in [3.63, 3.8) is 0 Å². The Kier molecular flexibility index (Phi) is 4.02. The van der Waals surface area contributed by atoms with Crippen LogP contribution in [0.4, 0.5) is 22.5 Å². The molecule has 0 aliphatic rings. The number of pyridine rings is 1. The molecule has 1 amide bonds. The summed E-state index contributed by atoms with van der Waals surface area (Å²) in [6.45, 7) is 0. The number of anilines is 3. The molecular formula is C20H15N7O2. The van der Waals surface area contributed by atoms with E-state index < -0.39 is 6.09 Å². The van der Waals surface area contributed by atoms with Crippen LogP contribution in [0.15, 0.2) is 67.1 Å². The van der Waals surface area contributed by atoms with Gasteiger partial charge in [-0.2, -0.15) is 0 Å². The molecule has 0 atom stereocenters. The number of hydrogen-bond acceptors (Lipinski definition) is 6. The Hall–Kier alpha value is -4.40. The number of rotatable bonds is 4. The van der Waals surface area contributed by atoms with Gasteiger partial charge in [0.25, 0.3) is 0 Å². The van der Waals surface area contributed by atoms with Crippen LogP contribution in [-0.2, 0) is 0 Å². The molecule has 0 bridgehead atoms. The summed E-state index contributed by atoms with van der Waals surface area (Å²) in [5, 5.41) is 7.79. The number of fused-ring (bicyclic) bond motifs is 2. The van der Waals surface area contributed by atoms with Crippen molar-refractivity contribution in [3.05, 3.63) is 67.1 Å². The minimum atomic E-state index is -0.659. The number of benzene rings is 2. The van der Waals surface area contributed by atoms with Crippen molar-refractivity contribution in [1.29, 1.82) is 0 Å². The summed E-state index contributed by atoms with van der Waals surface area (Å²) in [6.07, 6.45) is 4.27. The molecule has 2 aromatic carbocycles. The van der Waals surface area contributed by atoms with Gasteiger partial charge in [-0.05, 0) is 23.6 Å². The lowest BCUT2D eigenvalue weighted by atomic mass is 10.2. The number of hydrogen-bond donors (Lipinski definition) is 4. The number of carbonyl (C=O) groups excluding carboxylic acids is 1. The third kappa shape index (κ3) is 3.44. The van der Waals surface area contributed by atoms with Crippen LogP contribution in [0.1, 0.15) is 0 Å². The topological polar surface area (TPSA) is 121 Å². The number of aromatic amines is 2. The van der Waals surface area contributed by atoms with Crippen LogP contribution in [0, 0.1) is 0 Å². The number of amides is 1. The van der Waals surface area contributed by atoms with E-state index in [9.17, 15) is 4.79 Å². The number of imidazole rings is 2. The average molecular weight is 385 g/mol. The Balaban J connectivity index is 1.39. The minimum absolute atomic E-state index is 0.302. The predicted molar refractivity (Wildman–Crippen MR) is 109 cm³/mol. The van der Waals surface area contributed by atoms with Crippen molar-refractivity contribution >= 4 is 45.6 Å². The molecule has 0 spiro atoms. The first-order valence-electron chi connectivity index (χ1n) is 8.83. The van der Waals surface area contributed by atoms with Crippen molar-refractivity contribution in [1.82, 2.24) is 24.9 Å². The highest BCUT2D eigenvalue weighted by atomic mass is 16.6. The van der Waals surface area contributed by atoms with E-state index in [0.717, 1.165) is 10.8 Å². The fourth-order valence-electron chi connectivity index (χ4n) is 2.98. The highest BCUT2D eigenvalue weighted by Gasteiger charge is 2.13. The largest absolute Gasteiger partial charge is 0.419 e. The molecule has 0 saturated carbocycles. The molecule has 9 nitrogen and oxygen atoms in total. The first-order valence-corrected chi connectivity index (χ1v) is 8.83. The molecule has 0 aliphatic heterocycles. The number of carbonyl (C=O) groups is 1. The van der Waals surface area contributed by atoms with Gasteiger partial charge in [0.1, 0.15) is 11.3 Å². The van der Waals surface area contributed by atoms with Gasteiger partial charge in [-0.25, -0.2) is 19.7 Å². The number of aromatic nitrogens is 5. The van der Waals surface area contributed by atoms with Crippen molar-refractivity contribution in [2.75, 3.05) is 10.6 Å². The van der Waals surface area contributed by atoms with Gasteiger partial charge in [-0.1, -0.05) is 30.3 Å². The van der Waals surface area contributed by atoms with Crippen LogP contribution in [0.2, 0.25) is 0 Å². The summed E-state index contributed by atoms with van der Waals surface area (Å²) in [5.74, 6) is 1.79. The second-order valence-electron chi connectivity index (χ2n) is 6.23. The van der Waals surface area contributed by atoms with E-state index in [1.807, 2.05) is 36.4 Å². The molecule has 0 saturated heterocycles. The van der Waals surface area contributed by atoms with Crippen molar-refractivity contribution in [2.45, 2.75) is 0 Å². The molecule has 0 aliphatic carbocycles. The van der Waals surface area contributed by atoms with Crippen LogP contribution < -0.4 is 15.4 Å². The Morgan fingerprint density at radius 1 is 1.00 bits per heavy atom. The maximum atomic E-state index is 12.1. The normalized spacial score (nSPS) is 10.9. The van der Waals surface area contributed by atoms with Crippen LogP contribution >= 0.6 is 0 Å². The van der Waals surface area contributed by atoms with Gasteiger partial charge in [0.15, 0.2) is 5.75 Å². The van der Waals surface area contributed by atoms with Gasteiger partial charge < -0.3 is 20.0 Å². The van der Waals surface area contributed by atoms with Crippen molar-refractivity contribution < 1.29 is 9.53 Å². The standard InChI is InChI=1S/C20H15N7O2/c28-20(27-18-21-8-9-22-18)29-15-7-3-6-14-17(15)26-19(24-14)25-16-10-12-4-1-2-5-13(12)11-23-16/h1-11H,(H2,21,22,27,28)(H2,23,24,25,26). The quantitative estimate of drug-likeness (QED) is 0.368. The Bertz CT molecular complexity index is 1310. The molecule has 9 heteroatoms. The van der Waals surface area contributed by atoms with Crippen LogP contribution in [0.3, 0.4) is 0 Å². The third-order valence-corrected chi connectivity index (χ3v) is 4.28. The zero-order chi connectivity index (χ0) is 19.6.